The van der Waals surface area contributed by atoms with E-state index in [1.807, 2.05) is 54.6 Å². The number of fused-ring (bicyclic) bond motifs is 2. The molecule has 0 aliphatic carbocycles. The fourth-order valence-electron chi connectivity index (χ4n) is 3.41. The lowest BCUT2D eigenvalue weighted by Gasteiger charge is -2.14. The van der Waals surface area contributed by atoms with Crippen molar-refractivity contribution in [3.8, 4) is 34.4 Å². The molecule has 0 amide bonds. The highest BCUT2D eigenvalue weighted by Gasteiger charge is 2.16. The van der Waals surface area contributed by atoms with Gasteiger partial charge in [0.1, 0.15) is 12.0 Å². The molecule has 7 heteroatoms. The zero-order valence-corrected chi connectivity index (χ0v) is 16.9. The summed E-state index contributed by atoms with van der Waals surface area (Å²) >= 11 is 0. The van der Waals surface area contributed by atoms with Crippen LogP contribution in [0.3, 0.4) is 0 Å². The van der Waals surface area contributed by atoms with Gasteiger partial charge in [-0.1, -0.05) is 30.3 Å². The third kappa shape index (κ3) is 3.46. The minimum atomic E-state index is 0.396. The summed E-state index contributed by atoms with van der Waals surface area (Å²) in [5.41, 5.74) is 2.92. The number of benzene rings is 2. The van der Waals surface area contributed by atoms with E-state index in [2.05, 4.69) is 15.0 Å². The zero-order chi connectivity index (χ0) is 21.2. The number of methoxy groups -OCH3 is 2. The molecule has 0 saturated carbocycles. The Labute approximate surface area is 178 Å². The van der Waals surface area contributed by atoms with E-state index in [0.717, 1.165) is 10.9 Å². The molecule has 0 bridgehead atoms. The molecular weight excluding hydrogens is 392 g/mol. The van der Waals surface area contributed by atoms with Gasteiger partial charge in [-0.3, -0.25) is 0 Å². The van der Waals surface area contributed by atoms with Crippen molar-refractivity contribution in [3.05, 3.63) is 73.2 Å². The van der Waals surface area contributed by atoms with E-state index < -0.39 is 0 Å². The van der Waals surface area contributed by atoms with Gasteiger partial charge in [-0.15, -0.1) is 0 Å². The maximum Gasteiger partial charge on any atom is 0.230 e. The predicted octanol–water partition coefficient (Wildman–Crippen LogP) is 5.05. The SMILES string of the molecule is COc1cc2ncnc(Oc3cc4cccnc4nc3-c3ccccc3)c2cc1OC. The number of pyridine rings is 2. The topological polar surface area (TPSA) is 79.3 Å². The number of nitrogens with zero attached hydrogens (tertiary/aromatic N) is 4. The molecular formula is C24H18N4O3. The van der Waals surface area contributed by atoms with Gasteiger partial charge in [0.2, 0.25) is 5.88 Å². The lowest BCUT2D eigenvalue weighted by Crippen LogP contribution is -1.98. The molecule has 3 heterocycles. The first-order valence-electron chi connectivity index (χ1n) is 9.62. The van der Waals surface area contributed by atoms with Crippen LogP contribution in [0.15, 0.2) is 73.2 Å². The van der Waals surface area contributed by atoms with Gasteiger partial charge >= 0.3 is 0 Å². The molecule has 0 N–H and O–H groups in total. The molecule has 5 rings (SSSR count). The van der Waals surface area contributed by atoms with E-state index in [1.165, 1.54) is 6.33 Å². The van der Waals surface area contributed by atoms with Crippen molar-refractivity contribution in [1.29, 1.82) is 0 Å². The maximum absolute atomic E-state index is 6.32. The van der Waals surface area contributed by atoms with Crippen molar-refractivity contribution < 1.29 is 14.2 Å². The van der Waals surface area contributed by atoms with Crippen LogP contribution >= 0.6 is 0 Å². The van der Waals surface area contributed by atoms with Gasteiger partial charge in [-0.25, -0.2) is 19.9 Å². The van der Waals surface area contributed by atoms with Crippen molar-refractivity contribution in [3.63, 3.8) is 0 Å². The molecule has 0 atom stereocenters. The summed E-state index contributed by atoms with van der Waals surface area (Å²) in [7, 11) is 3.17. The molecule has 0 unspecified atom stereocenters. The molecule has 0 aliphatic rings. The van der Waals surface area contributed by atoms with E-state index in [1.54, 1.807) is 26.5 Å². The first-order chi connectivity index (χ1) is 15.3. The Morgan fingerprint density at radius 1 is 0.742 bits per heavy atom. The second-order valence-electron chi connectivity index (χ2n) is 6.76. The van der Waals surface area contributed by atoms with Crippen LogP contribution in [0.5, 0.6) is 23.1 Å². The summed E-state index contributed by atoms with van der Waals surface area (Å²) in [5.74, 6) is 2.12. The summed E-state index contributed by atoms with van der Waals surface area (Å²) in [4.78, 5) is 17.9. The Balaban J connectivity index is 1.69. The summed E-state index contributed by atoms with van der Waals surface area (Å²) in [6.07, 6.45) is 3.18. The smallest absolute Gasteiger partial charge is 0.230 e. The highest BCUT2D eigenvalue weighted by molar-refractivity contribution is 5.88. The van der Waals surface area contributed by atoms with Crippen LogP contribution in [-0.2, 0) is 0 Å². The Hall–Kier alpha value is -4.26. The van der Waals surface area contributed by atoms with Gasteiger partial charge in [-0.05, 0) is 24.3 Å². The summed E-state index contributed by atoms with van der Waals surface area (Å²) in [6.45, 7) is 0. The average Bonchev–Trinajstić information content (AvgIpc) is 2.83. The molecule has 0 saturated heterocycles. The molecule has 0 radical (unpaired) electrons. The van der Waals surface area contributed by atoms with E-state index in [0.29, 0.717) is 45.4 Å². The van der Waals surface area contributed by atoms with Crippen LogP contribution in [0.2, 0.25) is 0 Å². The first kappa shape index (κ1) is 18.7. The quantitative estimate of drug-likeness (QED) is 0.401. The van der Waals surface area contributed by atoms with E-state index >= 15 is 0 Å². The minimum Gasteiger partial charge on any atom is -0.493 e. The van der Waals surface area contributed by atoms with Gasteiger partial charge < -0.3 is 14.2 Å². The molecule has 0 aliphatic heterocycles. The van der Waals surface area contributed by atoms with Crippen molar-refractivity contribution >= 4 is 21.9 Å². The fourth-order valence-corrected chi connectivity index (χ4v) is 3.41. The van der Waals surface area contributed by atoms with Crippen LogP contribution in [0.1, 0.15) is 0 Å². The van der Waals surface area contributed by atoms with Crippen molar-refractivity contribution in [2.24, 2.45) is 0 Å². The highest BCUT2D eigenvalue weighted by atomic mass is 16.5. The minimum absolute atomic E-state index is 0.396. The number of ether oxygens (including phenoxy) is 3. The summed E-state index contributed by atoms with van der Waals surface area (Å²) in [6, 6.07) is 19.2. The van der Waals surface area contributed by atoms with Gasteiger partial charge in [0.25, 0.3) is 0 Å². The molecule has 2 aromatic carbocycles. The Bertz CT molecular complexity index is 1390. The molecule has 5 aromatic rings. The van der Waals surface area contributed by atoms with Crippen molar-refractivity contribution in [2.45, 2.75) is 0 Å². The van der Waals surface area contributed by atoms with Gasteiger partial charge in [0.15, 0.2) is 22.9 Å². The second kappa shape index (κ2) is 7.87. The van der Waals surface area contributed by atoms with E-state index in [4.69, 9.17) is 19.2 Å². The van der Waals surface area contributed by atoms with Crippen LogP contribution in [-0.4, -0.2) is 34.2 Å². The monoisotopic (exact) mass is 410 g/mol. The largest absolute Gasteiger partial charge is 0.493 e. The van der Waals surface area contributed by atoms with Gasteiger partial charge in [-0.2, -0.15) is 0 Å². The molecule has 31 heavy (non-hydrogen) atoms. The predicted molar refractivity (Wildman–Crippen MR) is 118 cm³/mol. The first-order valence-corrected chi connectivity index (χ1v) is 9.62. The van der Waals surface area contributed by atoms with Crippen LogP contribution in [0, 0.1) is 0 Å². The van der Waals surface area contributed by atoms with E-state index in [9.17, 15) is 0 Å². The highest BCUT2D eigenvalue weighted by Crippen LogP contribution is 2.38. The number of hydrogen-bond acceptors (Lipinski definition) is 7. The zero-order valence-electron chi connectivity index (χ0n) is 16.9. The van der Waals surface area contributed by atoms with Crippen molar-refractivity contribution in [1.82, 2.24) is 19.9 Å². The number of rotatable bonds is 5. The third-order valence-electron chi connectivity index (χ3n) is 4.91. The Morgan fingerprint density at radius 2 is 1.55 bits per heavy atom. The lowest BCUT2D eigenvalue weighted by molar-refractivity contribution is 0.355. The van der Waals surface area contributed by atoms with Crippen LogP contribution in [0.4, 0.5) is 0 Å². The standard InChI is InChI=1S/C24H18N4O3/c1-29-19-12-17-18(13-20(19)30-2)26-14-27-24(17)31-21-11-16-9-6-10-25-23(16)28-22(21)15-7-4-3-5-8-15/h3-14H,1-2H3. The van der Waals surface area contributed by atoms with Crippen molar-refractivity contribution in [2.75, 3.05) is 14.2 Å². The Kier molecular flexibility index (Phi) is 4.76. The molecule has 0 spiro atoms. The van der Waals surface area contributed by atoms with Crippen LogP contribution in [0.25, 0.3) is 33.2 Å². The lowest BCUT2D eigenvalue weighted by atomic mass is 10.1. The maximum atomic E-state index is 6.32. The number of aromatic nitrogens is 4. The Morgan fingerprint density at radius 3 is 2.35 bits per heavy atom. The van der Waals surface area contributed by atoms with Gasteiger partial charge in [0, 0.05) is 23.2 Å². The second-order valence-corrected chi connectivity index (χ2v) is 6.76. The molecule has 3 aromatic heterocycles. The third-order valence-corrected chi connectivity index (χ3v) is 4.91. The average molecular weight is 410 g/mol. The molecule has 0 fully saturated rings. The molecule has 152 valence electrons. The fraction of sp³-hybridized carbons (Fsp3) is 0.0833. The van der Waals surface area contributed by atoms with E-state index in [-0.39, 0.29) is 0 Å². The normalized spacial score (nSPS) is 10.9. The van der Waals surface area contributed by atoms with Crippen LogP contribution < -0.4 is 14.2 Å². The summed E-state index contributed by atoms with van der Waals surface area (Å²) in [5, 5.41) is 1.57. The molecule has 7 nitrogen and oxygen atoms in total. The number of hydrogen-bond donors (Lipinski definition) is 0. The summed E-state index contributed by atoms with van der Waals surface area (Å²) < 4.78 is 17.1. The van der Waals surface area contributed by atoms with Gasteiger partial charge in [0.05, 0.1) is 25.1 Å².